The van der Waals surface area contributed by atoms with Crippen molar-refractivity contribution in [2.75, 3.05) is 33.9 Å². The Morgan fingerprint density at radius 1 is 0.708 bits per heavy atom. The van der Waals surface area contributed by atoms with Crippen LogP contribution in [0.1, 0.15) is 130 Å². The number of carbonyl (C=O) groups is 8. The third-order valence-corrected chi connectivity index (χ3v) is 20.0. The predicted molar refractivity (Wildman–Crippen MR) is 361 cm³/mol. The Hall–Kier alpha value is -9.66. The summed E-state index contributed by atoms with van der Waals surface area (Å²) in [7, 11) is 2.78. The molecule has 9 atom stereocenters. The van der Waals surface area contributed by atoms with Crippen LogP contribution in [0.2, 0.25) is 0 Å². The molecule has 1 saturated heterocycles. The number of nitrogens with zero attached hydrogens (tertiary/aromatic N) is 4. The highest BCUT2D eigenvalue weighted by Crippen LogP contribution is 2.46. The smallest absolute Gasteiger partial charge is 0.407 e. The fourth-order valence-electron chi connectivity index (χ4n) is 14.7. The normalized spacial score (nSPS) is 20.2. The number of quaternary nitrogens is 1. The summed E-state index contributed by atoms with van der Waals surface area (Å²) in [6.45, 7) is 12.5. The highest BCUT2D eigenvalue weighted by molar-refractivity contribution is 5.96. The quantitative estimate of drug-likeness (QED) is 0.0507. The summed E-state index contributed by atoms with van der Waals surface area (Å²) in [5.41, 5.74) is 8.41. The lowest BCUT2D eigenvalue weighted by molar-refractivity contribution is -0.917. The van der Waals surface area contributed by atoms with Gasteiger partial charge in [-0.15, -0.1) is 0 Å². The first-order valence-electron chi connectivity index (χ1n) is 33.1. The van der Waals surface area contributed by atoms with Crippen LogP contribution < -0.4 is 31.7 Å². The molecule has 20 nitrogen and oxygen atoms in total. The number of likely N-dealkylation sites (N-methyl/N-ethyl adjacent to an activating group) is 1. The number of hydrogen-bond acceptors (Lipinski definition) is 11. The lowest BCUT2D eigenvalue weighted by Crippen LogP contribution is -2.72. The van der Waals surface area contributed by atoms with E-state index < -0.39 is 99.5 Å². The van der Waals surface area contributed by atoms with Gasteiger partial charge in [0, 0.05) is 62.3 Å². The van der Waals surface area contributed by atoms with Crippen molar-refractivity contribution >= 4 is 58.7 Å². The molecule has 5 N–H and O–H groups in total. The van der Waals surface area contributed by atoms with Crippen LogP contribution in [-0.4, -0.2) is 137 Å². The number of fused-ring (bicyclic) bond motifs is 6. The molecule has 1 fully saturated rings. The number of aromatic nitrogens is 1. The number of rotatable bonds is 18. The summed E-state index contributed by atoms with van der Waals surface area (Å²) in [6, 6.07) is 40.8. The van der Waals surface area contributed by atoms with E-state index in [2.05, 4.69) is 38.7 Å². The van der Waals surface area contributed by atoms with E-state index in [1.807, 2.05) is 148 Å². The average molecular weight is 1300 g/mol. The van der Waals surface area contributed by atoms with Gasteiger partial charge in [0.05, 0.1) is 17.6 Å². The van der Waals surface area contributed by atoms with E-state index in [9.17, 15) is 33.9 Å². The van der Waals surface area contributed by atoms with Gasteiger partial charge in [-0.05, 0) is 106 Å². The van der Waals surface area contributed by atoms with Crippen molar-refractivity contribution in [2.45, 2.75) is 148 Å². The standard InChI is InChI=1S/C76H87N9O11/c1-46(82(8)74(93)94)67(86)80-65(75(2,3)4)70(89)84-42-53(40-62(84)68(87)79-60-33-21-27-48-22-15-16-28-54(48)60)78-72(91)83-37-36-51-38-47(34-35-61(51)83)41-77-69(88)63-39-50-25-13-14-26-52(50)43-85(63,64(45-95-9)49-23-11-10-12-24-49)71(90)66(76(5,6)7)81-73(92)96-44-59-57-31-19-17-29-55(57)56-30-18-20-32-58(56)59/h10-20,22-26,28-32,34-38,46,53,59-60,62-66H,21,27,33,39-45H2,1-9H3,(H5-,77,78,79,80,81,86,87,88,91,92,93,94)/t46-,53-,60+,62-,63-,64+,65+,66+,85?/m0/s1. The van der Waals surface area contributed by atoms with Crippen molar-refractivity contribution in [1.29, 1.82) is 0 Å². The van der Waals surface area contributed by atoms with Crippen LogP contribution in [0.5, 0.6) is 0 Å². The molecular weight excluding hydrogens is 1210 g/mol. The SMILES string of the molecule is COC[C@H](c1ccccc1)[N+]1(C(=O)[C@@H](NC(=O)OCC2c3ccccc3-c3ccccc32)C(C)(C)C)Cc2ccccc2C[C@H]1C(=O)NCc1ccc2c(ccn2C(=O)N[C@H]2C[C@@H](C(=O)N[C@@H]3CCCc4ccccc43)N(C(=O)[C@@H](NC(=O)[C@H](C)N(C)C(=O)[O-])C(C)(C)C)C2)c1. The zero-order valence-corrected chi connectivity index (χ0v) is 56.1. The summed E-state index contributed by atoms with van der Waals surface area (Å²) in [5.74, 6) is -2.71. The van der Waals surface area contributed by atoms with E-state index in [1.54, 1.807) is 46.2 Å². The minimum atomic E-state index is -1.57. The Labute approximate surface area is 560 Å². The van der Waals surface area contributed by atoms with Gasteiger partial charge in [-0.3, -0.25) is 23.7 Å². The fraction of sp³-hybridized carbons (Fsp3) is 0.395. The number of carbonyl (C=O) groups excluding carboxylic acids is 8. The number of amides is 8. The molecule has 8 amide bonds. The topological polar surface area (TPSA) is 250 Å². The maximum absolute atomic E-state index is 16.5. The number of benzene rings is 6. The molecule has 1 aromatic heterocycles. The molecule has 7 aromatic rings. The number of nitrogens with one attached hydrogen (secondary N) is 5. The summed E-state index contributed by atoms with van der Waals surface area (Å²) in [5, 5.41) is 27.7. The molecule has 96 heavy (non-hydrogen) atoms. The van der Waals surface area contributed by atoms with Crippen molar-refractivity contribution in [2.24, 2.45) is 10.8 Å². The van der Waals surface area contributed by atoms with Crippen LogP contribution in [0.15, 0.2) is 158 Å². The zero-order valence-electron chi connectivity index (χ0n) is 56.1. The van der Waals surface area contributed by atoms with Crippen molar-refractivity contribution in [3.8, 4) is 11.1 Å². The molecule has 3 heterocycles. The lowest BCUT2D eigenvalue weighted by Gasteiger charge is -2.51. The molecule has 0 bridgehead atoms. The Bertz CT molecular complexity index is 4050. The second-order valence-electron chi connectivity index (χ2n) is 28.3. The Morgan fingerprint density at radius 2 is 1.33 bits per heavy atom. The van der Waals surface area contributed by atoms with Gasteiger partial charge in [-0.2, -0.15) is 0 Å². The van der Waals surface area contributed by atoms with Crippen LogP contribution >= 0.6 is 0 Å². The first-order chi connectivity index (χ1) is 45.9. The number of methoxy groups -OCH3 is 1. The van der Waals surface area contributed by atoms with Gasteiger partial charge in [-0.1, -0.05) is 175 Å². The second kappa shape index (κ2) is 28.0. The van der Waals surface area contributed by atoms with E-state index in [0.717, 1.165) is 67.8 Å². The number of alkyl carbamates (subject to hydrolysis) is 1. The molecule has 11 rings (SSSR count). The fourth-order valence-corrected chi connectivity index (χ4v) is 14.7. The van der Waals surface area contributed by atoms with Crippen molar-refractivity contribution in [1.82, 2.24) is 41.0 Å². The molecule has 502 valence electrons. The Morgan fingerprint density at radius 3 is 1.99 bits per heavy atom. The molecule has 4 aliphatic rings. The van der Waals surface area contributed by atoms with Gasteiger partial charge in [0.2, 0.25) is 17.7 Å². The maximum Gasteiger partial charge on any atom is 0.407 e. The third-order valence-electron chi connectivity index (χ3n) is 20.0. The van der Waals surface area contributed by atoms with Gasteiger partial charge >= 0.3 is 18.0 Å². The van der Waals surface area contributed by atoms with Crippen LogP contribution in [0, 0.1) is 10.8 Å². The summed E-state index contributed by atoms with van der Waals surface area (Å²) < 4.78 is 13.2. The summed E-state index contributed by atoms with van der Waals surface area (Å²) in [4.78, 5) is 118. The van der Waals surface area contributed by atoms with Gasteiger partial charge in [-0.25, -0.2) is 18.9 Å². The van der Waals surface area contributed by atoms with Crippen molar-refractivity contribution < 1.29 is 57.4 Å². The first-order valence-corrected chi connectivity index (χ1v) is 33.1. The molecule has 2 aliphatic heterocycles. The minimum Gasteiger partial charge on any atom is -0.530 e. The molecular formula is C76H87N9O11. The number of aryl methyl sites for hydroxylation is 1. The van der Waals surface area contributed by atoms with Crippen molar-refractivity contribution in [3.05, 3.63) is 202 Å². The molecule has 0 saturated carbocycles. The average Bonchev–Trinajstić information content (AvgIpc) is 1.04. The number of carboxylic acid groups (broad SMARTS) is 1. The maximum atomic E-state index is 16.5. The molecule has 1 unspecified atom stereocenters. The highest BCUT2D eigenvalue weighted by Gasteiger charge is 2.60. The van der Waals surface area contributed by atoms with Gasteiger partial charge in [0.25, 0.3) is 5.91 Å². The molecule has 2 aliphatic carbocycles. The first kappa shape index (κ1) is 67.7. The molecule has 0 radical (unpaired) electrons. The van der Waals surface area contributed by atoms with Crippen LogP contribution in [0.4, 0.5) is 14.4 Å². The largest absolute Gasteiger partial charge is 0.530 e. The number of ether oxygens (including phenoxy) is 2. The van der Waals surface area contributed by atoms with E-state index in [4.69, 9.17) is 9.47 Å². The van der Waals surface area contributed by atoms with Crippen LogP contribution in [0.25, 0.3) is 22.0 Å². The molecule has 0 spiro atoms. The number of hydrogen-bond donors (Lipinski definition) is 5. The molecule has 20 heteroatoms. The summed E-state index contributed by atoms with van der Waals surface area (Å²) in [6.07, 6.45) is 1.94. The van der Waals surface area contributed by atoms with E-state index in [1.165, 1.54) is 23.4 Å². The Kier molecular flexibility index (Phi) is 19.7. The Balaban J connectivity index is 0.840. The van der Waals surface area contributed by atoms with E-state index >= 15 is 9.59 Å². The van der Waals surface area contributed by atoms with Crippen LogP contribution in [0.3, 0.4) is 0 Å². The zero-order chi connectivity index (χ0) is 68.4. The van der Waals surface area contributed by atoms with Crippen molar-refractivity contribution in [3.63, 3.8) is 0 Å². The minimum absolute atomic E-state index is 0.0332. The van der Waals surface area contributed by atoms with Crippen LogP contribution in [-0.2, 0) is 59.4 Å². The predicted octanol–water partition coefficient (Wildman–Crippen LogP) is 8.98. The van der Waals surface area contributed by atoms with Gasteiger partial charge in [0.15, 0.2) is 12.1 Å². The number of likely N-dealkylation sites (tertiary alicyclic amines) is 1. The summed E-state index contributed by atoms with van der Waals surface area (Å²) >= 11 is 0. The lowest BCUT2D eigenvalue weighted by atomic mass is 9.80. The highest BCUT2D eigenvalue weighted by atomic mass is 16.5. The van der Waals surface area contributed by atoms with E-state index in [0.29, 0.717) is 22.9 Å². The monoisotopic (exact) mass is 1300 g/mol. The van der Waals surface area contributed by atoms with E-state index in [-0.39, 0.29) is 63.6 Å². The van der Waals surface area contributed by atoms with Gasteiger partial charge in [0.1, 0.15) is 50.0 Å². The van der Waals surface area contributed by atoms with Gasteiger partial charge < -0.3 is 55.8 Å². The molecule has 6 aromatic carbocycles. The third kappa shape index (κ3) is 13.8. The second-order valence-corrected chi connectivity index (χ2v) is 28.3.